The molecule has 5 nitrogen and oxygen atoms in total. The van der Waals surface area contributed by atoms with E-state index in [2.05, 4.69) is 11.9 Å². The van der Waals surface area contributed by atoms with E-state index in [0.717, 1.165) is 12.8 Å². The van der Waals surface area contributed by atoms with Crippen LogP contribution in [-0.4, -0.2) is 39.0 Å². The average molecular weight is 230 g/mol. The molecule has 1 aromatic heterocycles. The average Bonchev–Trinajstić information content (AvgIpc) is 2.79. The molecule has 0 saturated carbocycles. The van der Waals surface area contributed by atoms with Crippen molar-refractivity contribution in [1.82, 2.24) is 9.22 Å². The lowest BCUT2D eigenvalue weighted by molar-refractivity contribution is 0.0866. The summed E-state index contributed by atoms with van der Waals surface area (Å²) in [6.45, 7) is 2.76. The van der Waals surface area contributed by atoms with E-state index in [1.807, 2.05) is 0 Å². The van der Waals surface area contributed by atoms with Crippen molar-refractivity contribution in [2.45, 2.75) is 19.8 Å². The molecule has 1 aromatic rings. The van der Waals surface area contributed by atoms with Gasteiger partial charge in [-0.3, -0.25) is 4.23 Å². The topological polar surface area (TPSA) is 45.5 Å². The van der Waals surface area contributed by atoms with Gasteiger partial charge < -0.3 is 13.3 Å². The van der Waals surface area contributed by atoms with Crippen LogP contribution in [0.5, 0.6) is 0 Å². The minimum atomic E-state index is -2.75. The molecule has 0 atom stereocenters. The van der Waals surface area contributed by atoms with Crippen molar-refractivity contribution in [3.05, 3.63) is 18.7 Å². The van der Waals surface area contributed by atoms with E-state index in [9.17, 15) is 0 Å². The van der Waals surface area contributed by atoms with Crippen molar-refractivity contribution >= 4 is 8.97 Å². The molecule has 6 heteroatoms. The summed E-state index contributed by atoms with van der Waals surface area (Å²) in [6, 6.07) is 0. The first kappa shape index (κ1) is 12.4. The van der Waals surface area contributed by atoms with E-state index in [1.54, 1.807) is 37.2 Å². The molecule has 1 rings (SSSR count). The van der Waals surface area contributed by atoms with Gasteiger partial charge in [0.1, 0.15) is 0 Å². The molecular formula is C9H18N2O3Si. The summed E-state index contributed by atoms with van der Waals surface area (Å²) in [5.74, 6) is 0. The molecule has 0 bridgehead atoms. The molecule has 15 heavy (non-hydrogen) atoms. The van der Waals surface area contributed by atoms with E-state index < -0.39 is 8.97 Å². The van der Waals surface area contributed by atoms with Gasteiger partial charge >= 0.3 is 8.97 Å². The van der Waals surface area contributed by atoms with Gasteiger partial charge in [-0.25, -0.2) is 4.98 Å². The predicted octanol–water partition coefficient (Wildman–Crippen LogP) is 1.28. The van der Waals surface area contributed by atoms with Crippen LogP contribution in [0.4, 0.5) is 0 Å². The van der Waals surface area contributed by atoms with E-state index >= 15 is 0 Å². The third kappa shape index (κ3) is 2.88. The Labute approximate surface area is 91.4 Å². The molecule has 86 valence electrons. The van der Waals surface area contributed by atoms with Gasteiger partial charge in [0.25, 0.3) is 0 Å². The first-order valence-corrected chi connectivity index (χ1v) is 6.69. The lowest BCUT2D eigenvalue weighted by atomic mass is 10.4. The summed E-state index contributed by atoms with van der Waals surface area (Å²) in [6.07, 6.45) is 7.22. The molecule has 0 aliphatic heterocycles. The molecule has 0 radical (unpaired) electrons. The van der Waals surface area contributed by atoms with Crippen LogP contribution in [0.25, 0.3) is 0 Å². The van der Waals surface area contributed by atoms with Crippen molar-refractivity contribution in [3.8, 4) is 0 Å². The molecule has 0 saturated heterocycles. The van der Waals surface area contributed by atoms with Crippen molar-refractivity contribution in [1.29, 1.82) is 0 Å². The Hall–Kier alpha value is -0.693. The van der Waals surface area contributed by atoms with Gasteiger partial charge in [0.2, 0.25) is 0 Å². The van der Waals surface area contributed by atoms with E-state index in [-0.39, 0.29) is 0 Å². The predicted molar refractivity (Wildman–Crippen MR) is 58.3 cm³/mol. The number of unbranched alkanes of at least 4 members (excludes halogenated alkanes) is 1. The lowest BCUT2D eigenvalue weighted by Gasteiger charge is -2.25. The normalized spacial score (nSPS) is 11.9. The monoisotopic (exact) mass is 230 g/mol. The minimum Gasteiger partial charge on any atom is -0.360 e. The Morgan fingerprint density at radius 2 is 2.07 bits per heavy atom. The highest BCUT2D eigenvalue weighted by Crippen LogP contribution is 2.11. The van der Waals surface area contributed by atoms with Crippen molar-refractivity contribution in [3.63, 3.8) is 0 Å². The lowest BCUT2D eigenvalue weighted by Crippen LogP contribution is -2.51. The van der Waals surface area contributed by atoms with Crippen LogP contribution in [0.2, 0.25) is 0 Å². The largest absolute Gasteiger partial charge is 0.638 e. The molecule has 0 aliphatic rings. The van der Waals surface area contributed by atoms with Gasteiger partial charge in [-0.15, -0.1) is 0 Å². The van der Waals surface area contributed by atoms with Crippen LogP contribution in [0.3, 0.4) is 0 Å². The SMILES string of the molecule is CCCCO[Si](OC)(OC)n1ccnc1. The number of aromatic nitrogens is 2. The summed E-state index contributed by atoms with van der Waals surface area (Å²) >= 11 is 0. The Balaban J connectivity index is 2.69. The molecule has 0 aliphatic carbocycles. The third-order valence-electron chi connectivity index (χ3n) is 2.12. The minimum absolute atomic E-state index is 0.641. The highest BCUT2D eigenvalue weighted by atomic mass is 28.4. The quantitative estimate of drug-likeness (QED) is 0.523. The summed E-state index contributed by atoms with van der Waals surface area (Å²) in [4.78, 5) is 3.97. The Morgan fingerprint density at radius 1 is 1.33 bits per heavy atom. The molecule has 0 unspecified atom stereocenters. The second-order valence-electron chi connectivity index (χ2n) is 3.10. The number of rotatable bonds is 7. The molecule has 1 heterocycles. The van der Waals surface area contributed by atoms with Crippen LogP contribution in [0, 0.1) is 0 Å². The molecule has 0 N–H and O–H groups in total. The number of hydrogen-bond donors (Lipinski definition) is 0. The van der Waals surface area contributed by atoms with E-state index in [1.165, 1.54) is 0 Å². The molecule has 0 amide bonds. The van der Waals surface area contributed by atoms with Crippen LogP contribution in [0.15, 0.2) is 18.7 Å². The Bertz CT molecular complexity index is 262. The van der Waals surface area contributed by atoms with Crippen LogP contribution in [0.1, 0.15) is 19.8 Å². The summed E-state index contributed by atoms with van der Waals surface area (Å²) < 4.78 is 18.3. The maximum absolute atomic E-state index is 5.73. The zero-order valence-electron chi connectivity index (χ0n) is 9.47. The number of nitrogens with zero attached hydrogens (tertiary/aromatic N) is 2. The highest BCUT2D eigenvalue weighted by molar-refractivity contribution is 6.58. The van der Waals surface area contributed by atoms with Crippen LogP contribution >= 0.6 is 0 Å². The van der Waals surface area contributed by atoms with E-state index in [4.69, 9.17) is 13.3 Å². The second kappa shape index (κ2) is 6.01. The summed E-state index contributed by atoms with van der Waals surface area (Å²) in [5, 5.41) is 0. The van der Waals surface area contributed by atoms with Gasteiger partial charge in [0.05, 0.1) is 6.33 Å². The zero-order valence-corrected chi connectivity index (χ0v) is 10.5. The Morgan fingerprint density at radius 3 is 2.53 bits per heavy atom. The fourth-order valence-corrected chi connectivity index (χ4v) is 3.09. The van der Waals surface area contributed by atoms with Crippen molar-refractivity contribution < 1.29 is 13.3 Å². The van der Waals surface area contributed by atoms with Crippen LogP contribution < -0.4 is 0 Å². The Kier molecular flexibility index (Phi) is 4.96. The molecule has 0 aromatic carbocycles. The molecule has 0 spiro atoms. The fraction of sp³-hybridized carbons (Fsp3) is 0.667. The third-order valence-corrected chi connectivity index (χ3v) is 4.62. The first-order valence-electron chi connectivity index (χ1n) is 5.01. The first-order chi connectivity index (χ1) is 7.29. The zero-order chi connectivity index (χ0) is 11.1. The van der Waals surface area contributed by atoms with Crippen LogP contribution in [-0.2, 0) is 13.3 Å². The second-order valence-corrected chi connectivity index (χ2v) is 5.77. The fourth-order valence-electron chi connectivity index (χ4n) is 1.25. The smallest absolute Gasteiger partial charge is 0.360 e. The summed E-state index contributed by atoms with van der Waals surface area (Å²) in [5.41, 5.74) is 0. The van der Waals surface area contributed by atoms with Gasteiger partial charge in [-0.05, 0) is 6.42 Å². The van der Waals surface area contributed by atoms with Gasteiger partial charge in [-0.1, -0.05) is 13.3 Å². The maximum atomic E-state index is 5.73. The number of hydrogen-bond acceptors (Lipinski definition) is 4. The van der Waals surface area contributed by atoms with E-state index in [0.29, 0.717) is 6.61 Å². The van der Waals surface area contributed by atoms with Gasteiger partial charge in [0.15, 0.2) is 0 Å². The van der Waals surface area contributed by atoms with Gasteiger partial charge in [0, 0.05) is 33.2 Å². The molecular weight excluding hydrogens is 212 g/mol. The highest BCUT2D eigenvalue weighted by Gasteiger charge is 2.43. The standard InChI is InChI=1S/C9H18N2O3Si/c1-4-5-8-14-15(12-2,13-3)11-7-6-10-9-11/h6-7,9H,4-5,8H2,1-3H3. The maximum Gasteiger partial charge on any atom is 0.638 e. The summed E-state index contributed by atoms with van der Waals surface area (Å²) in [7, 11) is 0.447. The molecule has 0 fully saturated rings. The number of imidazole rings is 1. The van der Waals surface area contributed by atoms with Gasteiger partial charge in [-0.2, -0.15) is 0 Å². The van der Waals surface area contributed by atoms with Crippen molar-refractivity contribution in [2.75, 3.05) is 20.8 Å². The van der Waals surface area contributed by atoms with Crippen molar-refractivity contribution in [2.24, 2.45) is 0 Å².